The van der Waals surface area contributed by atoms with E-state index >= 15 is 0 Å². The molecule has 1 aromatic rings. The zero-order valence-corrected chi connectivity index (χ0v) is 8.20. The van der Waals surface area contributed by atoms with Gasteiger partial charge in [-0.2, -0.15) is 5.10 Å². The van der Waals surface area contributed by atoms with Gasteiger partial charge in [0.05, 0.1) is 12.3 Å². The first-order valence-electron chi connectivity index (χ1n) is 4.61. The predicted octanol–water partition coefficient (Wildman–Crippen LogP) is 0.453. The van der Waals surface area contributed by atoms with Crippen molar-refractivity contribution < 1.29 is 5.11 Å². The number of hydrogen-bond acceptors (Lipinski definition) is 3. The van der Waals surface area contributed by atoms with Crippen LogP contribution >= 0.6 is 0 Å². The lowest BCUT2D eigenvalue weighted by Gasteiger charge is -2.08. The van der Waals surface area contributed by atoms with Crippen molar-refractivity contribution in [2.45, 2.75) is 19.4 Å². The van der Waals surface area contributed by atoms with Gasteiger partial charge < -0.3 is 10.4 Å². The molecule has 0 aliphatic rings. The van der Waals surface area contributed by atoms with E-state index in [1.807, 2.05) is 13.2 Å². The van der Waals surface area contributed by atoms with Crippen molar-refractivity contribution in [3.63, 3.8) is 0 Å². The fourth-order valence-corrected chi connectivity index (χ4v) is 1.15. The SMILES string of the molecule is CCCNCC(O)c1cnn(C)c1. The summed E-state index contributed by atoms with van der Waals surface area (Å²) in [5, 5.41) is 16.8. The molecular formula is C9H17N3O. The number of aliphatic hydroxyl groups is 1. The van der Waals surface area contributed by atoms with Gasteiger partial charge in [0.15, 0.2) is 0 Å². The van der Waals surface area contributed by atoms with Crippen molar-refractivity contribution >= 4 is 0 Å². The number of hydrogen-bond donors (Lipinski definition) is 2. The fraction of sp³-hybridized carbons (Fsp3) is 0.667. The van der Waals surface area contributed by atoms with Crippen molar-refractivity contribution in [1.82, 2.24) is 15.1 Å². The maximum atomic E-state index is 9.64. The van der Waals surface area contributed by atoms with Gasteiger partial charge in [-0.1, -0.05) is 6.92 Å². The summed E-state index contributed by atoms with van der Waals surface area (Å²) in [6.45, 7) is 3.64. The second kappa shape index (κ2) is 4.99. The zero-order valence-electron chi connectivity index (χ0n) is 8.20. The third-order valence-electron chi connectivity index (χ3n) is 1.87. The predicted molar refractivity (Wildman–Crippen MR) is 51.3 cm³/mol. The number of rotatable bonds is 5. The number of aliphatic hydroxyl groups excluding tert-OH is 1. The minimum Gasteiger partial charge on any atom is -0.387 e. The van der Waals surface area contributed by atoms with Crippen LogP contribution in [0.2, 0.25) is 0 Å². The maximum Gasteiger partial charge on any atom is 0.0944 e. The molecular weight excluding hydrogens is 166 g/mol. The third kappa shape index (κ3) is 3.16. The fourth-order valence-electron chi connectivity index (χ4n) is 1.15. The minimum absolute atomic E-state index is 0.444. The van der Waals surface area contributed by atoms with Gasteiger partial charge in [-0.05, 0) is 13.0 Å². The third-order valence-corrected chi connectivity index (χ3v) is 1.87. The molecule has 1 atom stereocenters. The Hall–Kier alpha value is -0.870. The molecule has 0 amide bonds. The molecule has 0 fully saturated rings. The van der Waals surface area contributed by atoms with Gasteiger partial charge in [0.25, 0.3) is 0 Å². The monoisotopic (exact) mass is 183 g/mol. The van der Waals surface area contributed by atoms with Crippen LogP contribution in [0, 0.1) is 0 Å². The number of aromatic nitrogens is 2. The molecule has 0 bridgehead atoms. The van der Waals surface area contributed by atoms with Crippen LogP contribution in [0.3, 0.4) is 0 Å². The number of aryl methyl sites for hydroxylation is 1. The standard InChI is InChI=1S/C9H17N3O/c1-3-4-10-6-9(13)8-5-11-12(2)7-8/h5,7,9-10,13H,3-4,6H2,1-2H3. The first-order chi connectivity index (χ1) is 6.24. The van der Waals surface area contributed by atoms with Crippen LogP contribution < -0.4 is 5.32 Å². The van der Waals surface area contributed by atoms with Gasteiger partial charge in [-0.25, -0.2) is 0 Å². The van der Waals surface area contributed by atoms with Crippen molar-refractivity contribution in [3.05, 3.63) is 18.0 Å². The Balaban J connectivity index is 2.35. The molecule has 13 heavy (non-hydrogen) atoms. The molecule has 1 heterocycles. The second-order valence-corrected chi connectivity index (χ2v) is 3.17. The summed E-state index contributed by atoms with van der Waals surface area (Å²) in [6, 6.07) is 0. The van der Waals surface area contributed by atoms with Crippen molar-refractivity contribution in [2.24, 2.45) is 7.05 Å². The first-order valence-corrected chi connectivity index (χ1v) is 4.61. The Morgan fingerprint density at radius 1 is 1.69 bits per heavy atom. The molecule has 0 saturated carbocycles. The van der Waals surface area contributed by atoms with Gasteiger partial charge in [0.1, 0.15) is 0 Å². The molecule has 4 nitrogen and oxygen atoms in total. The minimum atomic E-state index is -0.444. The first kappa shape index (κ1) is 10.2. The largest absolute Gasteiger partial charge is 0.387 e. The summed E-state index contributed by atoms with van der Waals surface area (Å²) in [6.07, 6.45) is 4.16. The Labute approximate surface area is 78.6 Å². The lowest BCUT2D eigenvalue weighted by Crippen LogP contribution is -2.21. The summed E-state index contributed by atoms with van der Waals surface area (Å²) in [5.41, 5.74) is 0.867. The summed E-state index contributed by atoms with van der Waals surface area (Å²) in [5.74, 6) is 0. The summed E-state index contributed by atoms with van der Waals surface area (Å²) in [4.78, 5) is 0. The van der Waals surface area contributed by atoms with Crippen LogP contribution in [0.5, 0.6) is 0 Å². The number of nitrogens with zero attached hydrogens (tertiary/aromatic N) is 2. The molecule has 1 unspecified atom stereocenters. The van der Waals surface area contributed by atoms with E-state index in [0.717, 1.165) is 18.5 Å². The van der Waals surface area contributed by atoms with Gasteiger partial charge in [-0.15, -0.1) is 0 Å². The lowest BCUT2D eigenvalue weighted by molar-refractivity contribution is 0.175. The molecule has 4 heteroatoms. The lowest BCUT2D eigenvalue weighted by atomic mass is 10.2. The Morgan fingerprint density at radius 3 is 3.00 bits per heavy atom. The Bertz CT molecular complexity index is 247. The smallest absolute Gasteiger partial charge is 0.0944 e. The highest BCUT2D eigenvalue weighted by molar-refractivity contribution is 5.07. The van der Waals surface area contributed by atoms with Crippen LogP contribution in [-0.2, 0) is 7.05 Å². The van der Waals surface area contributed by atoms with Gasteiger partial charge >= 0.3 is 0 Å². The molecule has 0 aliphatic carbocycles. The molecule has 1 aromatic heterocycles. The topological polar surface area (TPSA) is 50.1 Å². The molecule has 0 aromatic carbocycles. The van der Waals surface area contributed by atoms with Gasteiger partial charge in [0.2, 0.25) is 0 Å². The van der Waals surface area contributed by atoms with Crippen LogP contribution in [0.4, 0.5) is 0 Å². The molecule has 0 aliphatic heterocycles. The number of nitrogens with one attached hydrogen (secondary N) is 1. The van der Waals surface area contributed by atoms with Crippen molar-refractivity contribution in [1.29, 1.82) is 0 Å². The van der Waals surface area contributed by atoms with E-state index in [1.54, 1.807) is 10.9 Å². The van der Waals surface area contributed by atoms with Crippen LogP contribution in [-0.4, -0.2) is 28.0 Å². The maximum absolute atomic E-state index is 9.64. The Morgan fingerprint density at radius 2 is 2.46 bits per heavy atom. The molecule has 0 saturated heterocycles. The highest BCUT2D eigenvalue weighted by atomic mass is 16.3. The van der Waals surface area contributed by atoms with E-state index in [4.69, 9.17) is 0 Å². The molecule has 74 valence electrons. The highest BCUT2D eigenvalue weighted by Crippen LogP contribution is 2.09. The summed E-state index contributed by atoms with van der Waals surface area (Å²) < 4.78 is 1.69. The molecule has 0 radical (unpaired) electrons. The average molecular weight is 183 g/mol. The van der Waals surface area contributed by atoms with E-state index in [0.29, 0.717) is 6.54 Å². The van der Waals surface area contributed by atoms with E-state index in [9.17, 15) is 5.11 Å². The summed E-state index contributed by atoms with van der Waals surface area (Å²) in [7, 11) is 1.84. The van der Waals surface area contributed by atoms with Crippen LogP contribution in [0.25, 0.3) is 0 Å². The van der Waals surface area contributed by atoms with E-state index in [-0.39, 0.29) is 0 Å². The van der Waals surface area contributed by atoms with E-state index in [1.165, 1.54) is 0 Å². The van der Waals surface area contributed by atoms with E-state index < -0.39 is 6.10 Å². The Kier molecular flexibility index (Phi) is 3.92. The zero-order chi connectivity index (χ0) is 9.68. The van der Waals surface area contributed by atoms with Crippen molar-refractivity contribution in [2.75, 3.05) is 13.1 Å². The second-order valence-electron chi connectivity index (χ2n) is 3.17. The quantitative estimate of drug-likeness (QED) is 0.652. The van der Waals surface area contributed by atoms with E-state index in [2.05, 4.69) is 17.3 Å². The molecule has 0 spiro atoms. The van der Waals surface area contributed by atoms with Crippen LogP contribution in [0.15, 0.2) is 12.4 Å². The molecule has 2 N–H and O–H groups in total. The normalized spacial score (nSPS) is 13.2. The average Bonchev–Trinajstić information content (AvgIpc) is 2.52. The molecule has 1 rings (SSSR count). The van der Waals surface area contributed by atoms with Crippen LogP contribution in [0.1, 0.15) is 25.0 Å². The van der Waals surface area contributed by atoms with Gasteiger partial charge in [-0.3, -0.25) is 4.68 Å². The van der Waals surface area contributed by atoms with Crippen molar-refractivity contribution in [3.8, 4) is 0 Å². The highest BCUT2D eigenvalue weighted by Gasteiger charge is 2.07. The summed E-state index contributed by atoms with van der Waals surface area (Å²) >= 11 is 0. The van der Waals surface area contributed by atoms with Gasteiger partial charge in [0, 0.05) is 25.4 Å².